The van der Waals surface area contributed by atoms with Gasteiger partial charge in [-0.25, -0.2) is 0 Å². The fraction of sp³-hybridized carbons (Fsp3) is 0.357. The molecular formula is C14H17NO2S. The van der Waals surface area contributed by atoms with E-state index in [9.17, 15) is 4.79 Å². The van der Waals surface area contributed by atoms with Crippen molar-refractivity contribution < 1.29 is 9.53 Å². The molecule has 1 unspecified atom stereocenters. The van der Waals surface area contributed by atoms with Gasteiger partial charge in [0.05, 0.1) is 18.1 Å². The number of carbonyl (C=O) groups is 1. The van der Waals surface area contributed by atoms with Crippen LogP contribution in [0.4, 0.5) is 0 Å². The van der Waals surface area contributed by atoms with Gasteiger partial charge in [-0.2, -0.15) is 0 Å². The molecule has 2 rings (SSSR count). The van der Waals surface area contributed by atoms with Crippen LogP contribution in [-0.4, -0.2) is 23.9 Å². The Labute approximate surface area is 111 Å². The van der Waals surface area contributed by atoms with Crippen LogP contribution in [0, 0.1) is 0 Å². The molecule has 1 aromatic carbocycles. The minimum Gasteiger partial charge on any atom is -0.469 e. The zero-order valence-corrected chi connectivity index (χ0v) is 11.9. The van der Waals surface area contributed by atoms with Gasteiger partial charge in [0, 0.05) is 23.5 Å². The van der Waals surface area contributed by atoms with Gasteiger partial charge in [0.25, 0.3) is 0 Å². The monoisotopic (exact) mass is 263 g/mol. The Bertz CT molecular complexity index is 589. The van der Waals surface area contributed by atoms with Crippen molar-refractivity contribution in [2.24, 2.45) is 7.05 Å². The summed E-state index contributed by atoms with van der Waals surface area (Å²) in [7, 11) is 3.46. The number of thioether (sulfide) groups is 1. The Hall–Kier alpha value is -1.42. The largest absolute Gasteiger partial charge is 0.469 e. The molecule has 0 spiro atoms. The van der Waals surface area contributed by atoms with Crippen molar-refractivity contribution in [3.05, 3.63) is 29.8 Å². The molecule has 0 saturated carbocycles. The highest BCUT2D eigenvalue weighted by Crippen LogP contribution is 2.36. The first kappa shape index (κ1) is 13.0. The maximum atomic E-state index is 11.8. The number of ether oxygens (including phenoxy) is 1. The normalized spacial score (nSPS) is 12.7. The topological polar surface area (TPSA) is 31.2 Å². The number of nitrogens with zero attached hydrogens (tertiary/aromatic N) is 1. The van der Waals surface area contributed by atoms with Crippen LogP contribution in [0.25, 0.3) is 10.9 Å². The Morgan fingerprint density at radius 3 is 2.67 bits per heavy atom. The smallest absolute Gasteiger partial charge is 0.312 e. The summed E-state index contributed by atoms with van der Waals surface area (Å²) in [6, 6.07) is 8.14. The molecule has 3 nitrogen and oxygen atoms in total. The summed E-state index contributed by atoms with van der Waals surface area (Å²) in [5.41, 5.74) is 2.21. The number of esters is 1. The van der Waals surface area contributed by atoms with Crippen molar-refractivity contribution in [3.8, 4) is 0 Å². The number of carbonyl (C=O) groups excluding carboxylic acids is 1. The lowest BCUT2D eigenvalue weighted by Crippen LogP contribution is -2.11. The molecule has 1 heterocycles. The Morgan fingerprint density at radius 2 is 2.06 bits per heavy atom. The number of para-hydroxylation sites is 1. The van der Waals surface area contributed by atoms with Crippen LogP contribution in [0.1, 0.15) is 18.4 Å². The maximum absolute atomic E-state index is 11.8. The van der Waals surface area contributed by atoms with Gasteiger partial charge in [0.1, 0.15) is 0 Å². The van der Waals surface area contributed by atoms with Crippen molar-refractivity contribution in [2.75, 3.05) is 13.4 Å². The van der Waals surface area contributed by atoms with E-state index in [1.807, 2.05) is 32.4 Å². The van der Waals surface area contributed by atoms with E-state index in [2.05, 4.69) is 16.7 Å². The van der Waals surface area contributed by atoms with Gasteiger partial charge in [-0.15, -0.1) is 11.8 Å². The molecule has 0 N–H and O–H groups in total. The van der Waals surface area contributed by atoms with Crippen LogP contribution < -0.4 is 0 Å². The number of methoxy groups -OCH3 is 1. The molecule has 0 radical (unpaired) electrons. The van der Waals surface area contributed by atoms with Crippen molar-refractivity contribution in [1.29, 1.82) is 0 Å². The van der Waals surface area contributed by atoms with Gasteiger partial charge in [0.2, 0.25) is 0 Å². The number of hydrogen-bond acceptors (Lipinski definition) is 3. The van der Waals surface area contributed by atoms with Crippen LogP contribution in [0.3, 0.4) is 0 Å². The molecule has 0 amide bonds. The SMILES string of the molecule is COC(=O)C(C)c1c(SC)n(C)c2ccccc12. The van der Waals surface area contributed by atoms with Crippen molar-refractivity contribution >= 4 is 28.6 Å². The molecule has 18 heavy (non-hydrogen) atoms. The summed E-state index contributed by atoms with van der Waals surface area (Å²) in [4.78, 5) is 11.8. The maximum Gasteiger partial charge on any atom is 0.312 e. The standard InChI is InChI=1S/C14H17NO2S/c1-9(14(16)17-3)12-10-7-5-6-8-11(10)15(2)13(12)18-4/h5-9H,1-4H3. The molecule has 2 aromatic rings. The molecule has 1 aromatic heterocycles. The van der Waals surface area contributed by atoms with E-state index in [1.54, 1.807) is 11.8 Å². The second-order valence-electron chi connectivity index (χ2n) is 4.24. The Morgan fingerprint density at radius 1 is 1.39 bits per heavy atom. The fourth-order valence-electron chi connectivity index (χ4n) is 2.36. The highest BCUT2D eigenvalue weighted by molar-refractivity contribution is 7.98. The van der Waals surface area contributed by atoms with Gasteiger partial charge in [-0.3, -0.25) is 4.79 Å². The van der Waals surface area contributed by atoms with Gasteiger partial charge in [-0.1, -0.05) is 18.2 Å². The zero-order valence-electron chi connectivity index (χ0n) is 11.1. The van der Waals surface area contributed by atoms with Crippen molar-refractivity contribution in [3.63, 3.8) is 0 Å². The van der Waals surface area contributed by atoms with Gasteiger partial charge < -0.3 is 9.30 Å². The third-order valence-corrected chi connectivity index (χ3v) is 4.15. The van der Waals surface area contributed by atoms with Crippen molar-refractivity contribution in [1.82, 2.24) is 4.57 Å². The number of fused-ring (bicyclic) bond motifs is 1. The van der Waals surface area contributed by atoms with E-state index >= 15 is 0 Å². The number of hydrogen-bond donors (Lipinski definition) is 0. The van der Waals surface area contributed by atoms with E-state index in [1.165, 1.54) is 7.11 Å². The molecule has 0 bridgehead atoms. The first-order chi connectivity index (χ1) is 8.61. The first-order valence-corrected chi connectivity index (χ1v) is 7.03. The fourth-order valence-corrected chi connectivity index (χ4v) is 3.24. The summed E-state index contributed by atoms with van der Waals surface area (Å²) in [5.74, 6) is -0.440. The molecule has 0 aliphatic carbocycles. The second-order valence-corrected chi connectivity index (χ2v) is 5.04. The predicted molar refractivity (Wildman–Crippen MR) is 75.1 cm³/mol. The third-order valence-electron chi connectivity index (χ3n) is 3.27. The minimum atomic E-state index is -0.247. The first-order valence-electron chi connectivity index (χ1n) is 5.81. The van der Waals surface area contributed by atoms with Gasteiger partial charge in [-0.05, 0) is 19.2 Å². The van der Waals surface area contributed by atoms with E-state index in [-0.39, 0.29) is 11.9 Å². The average molecular weight is 263 g/mol. The summed E-state index contributed by atoms with van der Waals surface area (Å²) >= 11 is 1.66. The predicted octanol–water partition coefficient (Wildman–Crippen LogP) is 3.18. The average Bonchev–Trinajstić information content (AvgIpc) is 2.70. The Kier molecular flexibility index (Phi) is 3.66. The van der Waals surface area contributed by atoms with E-state index in [0.29, 0.717) is 0 Å². The molecule has 0 fully saturated rings. The lowest BCUT2D eigenvalue weighted by molar-refractivity contribution is -0.142. The van der Waals surface area contributed by atoms with Gasteiger partial charge in [0.15, 0.2) is 0 Å². The van der Waals surface area contributed by atoms with Crippen LogP contribution in [0.5, 0.6) is 0 Å². The summed E-state index contributed by atoms with van der Waals surface area (Å²) < 4.78 is 7.00. The second kappa shape index (κ2) is 5.06. The van der Waals surface area contributed by atoms with Crippen LogP contribution in [0.15, 0.2) is 29.3 Å². The summed E-state index contributed by atoms with van der Waals surface area (Å²) in [5, 5.41) is 2.25. The zero-order chi connectivity index (χ0) is 13.3. The van der Waals surface area contributed by atoms with E-state index in [0.717, 1.165) is 21.5 Å². The van der Waals surface area contributed by atoms with Gasteiger partial charge >= 0.3 is 5.97 Å². The quantitative estimate of drug-likeness (QED) is 0.629. The molecule has 0 aliphatic rings. The minimum absolute atomic E-state index is 0.193. The van der Waals surface area contributed by atoms with Crippen molar-refractivity contribution in [2.45, 2.75) is 17.9 Å². The molecular weight excluding hydrogens is 246 g/mol. The lowest BCUT2D eigenvalue weighted by Gasteiger charge is -2.11. The summed E-state index contributed by atoms with van der Waals surface area (Å²) in [6.45, 7) is 1.90. The molecule has 0 saturated heterocycles. The highest BCUT2D eigenvalue weighted by Gasteiger charge is 2.24. The van der Waals surface area contributed by atoms with Crippen LogP contribution in [0.2, 0.25) is 0 Å². The van der Waals surface area contributed by atoms with E-state index in [4.69, 9.17) is 4.74 Å². The Balaban J connectivity index is 2.71. The molecule has 4 heteroatoms. The number of rotatable bonds is 3. The molecule has 0 aliphatic heterocycles. The molecule has 96 valence electrons. The van der Waals surface area contributed by atoms with Crippen LogP contribution in [-0.2, 0) is 16.6 Å². The number of aromatic nitrogens is 1. The number of benzene rings is 1. The third kappa shape index (κ3) is 1.90. The van der Waals surface area contributed by atoms with Crippen LogP contribution >= 0.6 is 11.8 Å². The number of aryl methyl sites for hydroxylation is 1. The van der Waals surface area contributed by atoms with E-state index < -0.39 is 0 Å². The molecule has 1 atom stereocenters. The highest BCUT2D eigenvalue weighted by atomic mass is 32.2. The lowest BCUT2D eigenvalue weighted by atomic mass is 10.0. The summed E-state index contributed by atoms with van der Waals surface area (Å²) in [6.07, 6.45) is 2.03.